The highest BCUT2D eigenvalue weighted by Gasteiger charge is 2.43. The van der Waals surface area contributed by atoms with Gasteiger partial charge in [0, 0.05) is 62.0 Å². The standard InChI is InChI=1S/C105H111N5O8/c1-22-23-52-109-94(111)74-55-82(115-70-42-32-65(33-43-70)102(14,15)59-98(2,3)4)88-90-84(117-72-46-36-67(37-47-72)104(18,19)61-100(8,9)10)57-76-87-77(97(114)110(96(76)113)69-40-30-63(31-41-69)64-53-80(78-28-24-26-50-106-78)108-81(54-64)79-29-25-27-51-107-79)58-85(118-73-48-38-68(39-49-73)105(20,21)62-101(11,12)13)91(93(87)90)89-83(56-75(95(109)112)86(74)92(88)89)116-71-44-34-66(35-45-71)103(16,17)60-99(5,6)7/h24-51,53-58H,22-23,52,59-62H2,1-21H3. The van der Waals surface area contributed by atoms with Crippen LogP contribution in [0.5, 0.6) is 46.0 Å². The smallest absolute Gasteiger partial charge is 0.266 e. The predicted octanol–water partition coefficient (Wildman–Crippen LogP) is 28.1. The van der Waals surface area contributed by atoms with Crippen LogP contribution in [0.3, 0.4) is 0 Å². The molecule has 13 nitrogen and oxygen atoms in total. The van der Waals surface area contributed by atoms with Gasteiger partial charge in [-0.05, 0) is 230 Å². The van der Waals surface area contributed by atoms with Gasteiger partial charge < -0.3 is 18.9 Å². The lowest BCUT2D eigenvalue weighted by atomic mass is 9.72. The van der Waals surface area contributed by atoms with E-state index < -0.39 is 23.6 Å². The average molecular weight is 1570 g/mol. The molecule has 118 heavy (non-hydrogen) atoms. The first kappa shape index (κ1) is 81.6. The van der Waals surface area contributed by atoms with E-state index in [1.807, 2.05) is 116 Å². The molecule has 5 heterocycles. The number of imide groups is 2. The molecule has 0 saturated carbocycles. The predicted molar refractivity (Wildman–Crippen MR) is 480 cm³/mol. The number of pyridine rings is 3. The Hall–Kier alpha value is -11.6. The maximum Gasteiger partial charge on any atom is 0.266 e. The molecule has 604 valence electrons. The molecule has 3 aromatic heterocycles. The van der Waals surface area contributed by atoms with E-state index >= 15 is 19.2 Å². The fourth-order valence-corrected chi connectivity index (χ4v) is 19.5. The molecule has 4 amide bonds. The van der Waals surface area contributed by atoms with Gasteiger partial charge in [-0.1, -0.05) is 225 Å². The van der Waals surface area contributed by atoms with Gasteiger partial charge in [-0.2, -0.15) is 0 Å². The van der Waals surface area contributed by atoms with Crippen molar-refractivity contribution in [1.82, 2.24) is 19.9 Å². The Morgan fingerprint density at radius 2 is 0.602 bits per heavy atom. The van der Waals surface area contributed by atoms with Crippen molar-refractivity contribution in [2.45, 2.75) is 206 Å². The second-order valence-corrected chi connectivity index (χ2v) is 40.3. The largest absolute Gasteiger partial charge is 0.457 e. The van der Waals surface area contributed by atoms with Gasteiger partial charge in [-0.25, -0.2) is 9.88 Å². The fourth-order valence-electron chi connectivity index (χ4n) is 19.5. The minimum atomic E-state index is -0.607. The summed E-state index contributed by atoms with van der Waals surface area (Å²) in [6, 6.07) is 62.5. The number of amides is 4. The van der Waals surface area contributed by atoms with Crippen LogP contribution < -0.4 is 23.8 Å². The number of unbranched alkanes of at least 4 members (excludes halogenated alkanes) is 1. The van der Waals surface area contributed by atoms with Crippen LogP contribution in [0.1, 0.15) is 248 Å². The Balaban J connectivity index is 1.05. The lowest BCUT2D eigenvalue weighted by Crippen LogP contribution is -2.41. The van der Waals surface area contributed by atoms with Crippen LogP contribution in [0.2, 0.25) is 0 Å². The number of anilines is 1. The minimum Gasteiger partial charge on any atom is -0.457 e. The molecule has 10 aromatic carbocycles. The van der Waals surface area contributed by atoms with Crippen LogP contribution >= 0.6 is 0 Å². The summed E-state index contributed by atoms with van der Waals surface area (Å²) >= 11 is 0. The van der Waals surface area contributed by atoms with Crippen molar-refractivity contribution < 1.29 is 38.1 Å². The highest BCUT2D eigenvalue weighted by Crippen LogP contribution is 2.59. The van der Waals surface area contributed by atoms with Crippen molar-refractivity contribution in [3.63, 3.8) is 0 Å². The first-order chi connectivity index (χ1) is 55.5. The Morgan fingerprint density at radius 1 is 0.305 bits per heavy atom. The second-order valence-electron chi connectivity index (χ2n) is 40.3. The van der Waals surface area contributed by atoms with Gasteiger partial charge in [-0.15, -0.1) is 0 Å². The number of ether oxygens (including phenoxy) is 4. The molecule has 0 N–H and O–H groups in total. The Morgan fingerprint density at radius 3 is 0.873 bits per heavy atom. The summed E-state index contributed by atoms with van der Waals surface area (Å²) in [7, 11) is 0. The van der Waals surface area contributed by atoms with E-state index in [2.05, 4.69) is 197 Å². The third kappa shape index (κ3) is 16.2. The van der Waals surface area contributed by atoms with Crippen molar-refractivity contribution in [2.75, 3.05) is 11.4 Å². The summed E-state index contributed by atoms with van der Waals surface area (Å²) in [5.41, 5.74) is 9.04. The van der Waals surface area contributed by atoms with Crippen molar-refractivity contribution in [3.8, 4) is 79.9 Å². The third-order valence-corrected chi connectivity index (χ3v) is 23.2. The van der Waals surface area contributed by atoms with E-state index in [0.717, 1.165) is 65.5 Å². The molecule has 0 spiro atoms. The zero-order valence-corrected chi connectivity index (χ0v) is 72.6. The van der Waals surface area contributed by atoms with E-state index in [-0.39, 0.29) is 95.1 Å². The number of carbonyl (C=O) groups excluding carboxylic acids is 4. The summed E-state index contributed by atoms with van der Waals surface area (Å²) in [6.45, 7) is 47.3. The molecule has 0 radical (unpaired) electrons. The number of carbonyl (C=O) groups is 4. The van der Waals surface area contributed by atoms with Gasteiger partial charge >= 0.3 is 0 Å². The highest BCUT2D eigenvalue weighted by molar-refractivity contribution is 6.46. The molecule has 0 aliphatic carbocycles. The number of benzene rings is 10. The zero-order chi connectivity index (χ0) is 84.3. The van der Waals surface area contributed by atoms with E-state index in [1.54, 1.807) is 48.8 Å². The number of nitrogens with zero attached hydrogens (tertiary/aromatic N) is 5. The third-order valence-electron chi connectivity index (χ3n) is 23.2. The molecule has 0 fully saturated rings. The van der Waals surface area contributed by atoms with E-state index in [0.29, 0.717) is 101 Å². The van der Waals surface area contributed by atoms with Crippen molar-refractivity contribution in [2.24, 2.45) is 21.7 Å². The molecule has 13 heteroatoms. The van der Waals surface area contributed by atoms with Crippen LogP contribution in [0.25, 0.3) is 77.0 Å². The number of aromatic nitrogens is 3. The molecule has 0 unspecified atom stereocenters. The lowest BCUT2D eigenvalue weighted by molar-refractivity contribution is 0.0607. The summed E-state index contributed by atoms with van der Waals surface area (Å²) in [4.78, 5) is 82.4. The maximum atomic E-state index is 16.7. The van der Waals surface area contributed by atoms with Crippen LogP contribution in [0.15, 0.2) is 207 Å². The Labute approximate surface area is 695 Å². The van der Waals surface area contributed by atoms with Gasteiger partial charge in [-0.3, -0.25) is 34.0 Å². The van der Waals surface area contributed by atoms with Crippen molar-refractivity contribution in [1.29, 1.82) is 0 Å². The fraction of sp³-hybridized carbons (Fsp3) is 0.343. The van der Waals surface area contributed by atoms with Gasteiger partial charge in [0.15, 0.2) is 0 Å². The van der Waals surface area contributed by atoms with Crippen LogP contribution in [0, 0.1) is 21.7 Å². The molecule has 0 saturated heterocycles. The highest BCUT2D eigenvalue weighted by atomic mass is 16.5. The maximum absolute atomic E-state index is 16.7. The van der Waals surface area contributed by atoms with Crippen molar-refractivity contribution >= 4 is 72.4 Å². The Kier molecular flexibility index (Phi) is 20.8. The topological polar surface area (TPSA) is 150 Å². The lowest BCUT2D eigenvalue weighted by Gasteiger charge is -2.33. The Bertz CT molecular complexity index is 5720. The number of hydrogen-bond donors (Lipinski definition) is 0. The van der Waals surface area contributed by atoms with Crippen LogP contribution in [-0.4, -0.2) is 50.0 Å². The van der Waals surface area contributed by atoms with Gasteiger partial charge in [0.1, 0.15) is 46.0 Å². The molecule has 0 atom stereocenters. The van der Waals surface area contributed by atoms with Gasteiger partial charge in [0.2, 0.25) is 0 Å². The average Bonchev–Trinajstić information content (AvgIpc) is 0.670. The minimum absolute atomic E-state index is 0.0156. The molecular weight excluding hydrogens is 1460 g/mol. The summed E-state index contributed by atoms with van der Waals surface area (Å²) in [5, 5.41) is 3.34. The van der Waals surface area contributed by atoms with Gasteiger partial charge in [0.25, 0.3) is 23.6 Å². The second kappa shape index (κ2) is 30.1. The number of hydrogen-bond acceptors (Lipinski definition) is 11. The summed E-state index contributed by atoms with van der Waals surface area (Å²) in [6.07, 6.45) is 8.39. The molecule has 0 bridgehead atoms. The molecule has 2 aliphatic heterocycles. The normalized spacial score (nSPS) is 13.9. The van der Waals surface area contributed by atoms with Crippen LogP contribution in [0.4, 0.5) is 5.69 Å². The van der Waals surface area contributed by atoms with Gasteiger partial charge in [0.05, 0.1) is 50.7 Å². The molecule has 13 aromatic rings. The first-order valence-electron chi connectivity index (χ1n) is 41.7. The molecule has 2 aliphatic rings. The first-order valence-corrected chi connectivity index (χ1v) is 41.7. The molecular formula is C105H111N5O8. The number of fused-ring (bicyclic) bond motifs is 2. The summed E-state index contributed by atoms with van der Waals surface area (Å²) < 4.78 is 30.2. The van der Waals surface area contributed by atoms with E-state index in [1.165, 1.54) is 9.80 Å². The van der Waals surface area contributed by atoms with E-state index in [9.17, 15) is 0 Å². The number of rotatable bonds is 23. The SMILES string of the molecule is CCCCN1C(=O)c2cc(Oc3ccc(C(C)(C)CC(C)(C)C)cc3)c3c4c(Oc5ccc(C(C)(C)CC(C)(C)C)cc5)cc5c6c(cc(Oc7ccc(C(C)(C)CC(C)(C)C)cc7)c(c7c(Oc8ccc(C(C)(C)CC(C)(C)C)cc8)cc(c2c37)C1=O)c64)C(=O)N(c1ccc(-c2cc(-c3ccccn3)nc(-c3ccccn3)c2)cc1)C5=O. The van der Waals surface area contributed by atoms with E-state index in [4.69, 9.17) is 23.9 Å². The summed E-state index contributed by atoms with van der Waals surface area (Å²) in [5.74, 6) is 0.677. The van der Waals surface area contributed by atoms with Crippen molar-refractivity contribution in [3.05, 3.63) is 251 Å². The monoisotopic (exact) mass is 1570 g/mol. The quantitative estimate of drug-likeness (QED) is 0.0342. The zero-order valence-electron chi connectivity index (χ0n) is 72.6. The van der Waals surface area contributed by atoms with Crippen LogP contribution in [-0.2, 0) is 21.7 Å². The molecule has 15 rings (SSSR count).